The van der Waals surface area contributed by atoms with Crippen LogP contribution in [0.5, 0.6) is 0 Å². The van der Waals surface area contributed by atoms with Gasteiger partial charge in [0.2, 0.25) is 0 Å². The Morgan fingerprint density at radius 1 is 1.41 bits per heavy atom. The molecule has 1 aliphatic rings. The number of carbonyl (C=O) groups is 2. The van der Waals surface area contributed by atoms with E-state index in [2.05, 4.69) is 10.5 Å². The maximum atomic E-state index is 12.5. The van der Waals surface area contributed by atoms with E-state index in [4.69, 9.17) is 16.3 Å². The Hall–Kier alpha value is -1.88. The monoisotopic (exact) mass is 322 g/mol. The largest absolute Gasteiger partial charge is 0.469 e. The molecule has 0 radical (unpaired) electrons. The van der Waals surface area contributed by atoms with E-state index in [0.29, 0.717) is 23.6 Å². The molecule has 0 bridgehead atoms. The third kappa shape index (κ3) is 3.85. The number of anilines is 1. The second-order valence-electron chi connectivity index (χ2n) is 5.35. The highest BCUT2D eigenvalue weighted by atomic mass is 35.5. The molecule has 1 aromatic rings. The summed E-state index contributed by atoms with van der Waals surface area (Å²) in [5, 5.41) is 4.84. The fraction of sp³-hybridized carbons (Fsp3) is 0.438. The molecule has 2 atom stereocenters. The van der Waals surface area contributed by atoms with Gasteiger partial charge in [-0.1, -0.05) is 18.5 Å². The number of hydrogen-bond acceptors (Lipinski definition) is 5. The first kappa shape index (κ1) is 16.5. The minimum absolute atomic E-state index is 0.0781. The van der Waals surface area contributed by atoms with Crippen molar-refractivity contribution in [2.75, 3.05) is 12.5 Å². The molecule has 1 fully saturated rings. The van der Waals surface area contributed by atoms with Gasteiger partial charge in [-0.15, -0.1) is 0 Å². The van der Waals surface area contributed by atoms with Crippen molar-refractivity contribution in [3.63, 3.8) is 0 Å². The van der Waals surface area contributed by atoms with Gasteiger partial charge in [-0.05, 0) is 43.5 Å². The lowest BCUT2D eigenvalue weighted by Crippen LogP contribution is -2.36. The molecule has 2 unspecified atom stereocenters. The van der Waals surface area contributed by atoms with Crippen molar-refractivity contribution < 1.29 is 14.3 Å². The van der Waals surface area contributed by atoms with Crippen LogP contribution >= 0.6 is 11.6 Å². The van der Waals surface area contributed by atoms with Gasteiger partial charge in [-0.3, -0.25) is 15.0 Å². The summed E-state index contributed by atoms with van der Waals surface area (Å²) in [4.78, 5) is 24.1. The zero-order valence-corrected chi connectivity index (χ0v) is 13.4. The van der Waals surface area contributed by atoms with E-state index >= 15 is 0 Å². The molecule has 0 amide bonds. The number of Topliss-reactive ketones (excluding diaryl/α,β-unsaturated/α-hetero) is 1. The summed E-state index contributed by atoms with van der Waals surface area (Å²) in [6, 6.07) is 7.06. The Morgan fingerprint density at radius 2 is 2.09 bits per heavy atom. The number of rotatable bonds is 4. The second-order valence-corrected chi connectivity index (χ2v) is 5.79. The first-order valence-electron chi connectivity index (χ1n) is 7.23. The van der Waals surface area contributed by atoms with Gasteiger partial charge in [0.05, 0.1) is 18.7 Å². The van der Waals surface area contributed by atoms with E-state index in [0.717, 1.165) is 12.1 Å². The number of esters is 1. The van der Waals surface area contributed by atoms with Crippen molar-refractivity contribution >= 4 is 34.8 Å². The molecular weight excluding hydrogens is 304 g/mol. The number of ketones is 1. The Bertz CT molecular complexity index is 584. The molecule has 0 saturated heterocycles. The third-order valence-electron chi connectivity index (χ3n) is 3.89. The lowest BCUT2D eigenvalue weighted by Gasteiger charge is -2.25. The molecule has 0 heterocycles. The van der Waals surface area contributed by atoms with Crippen LogP contribution in [-0.2, 0) is 14.3 Å². The van der Waals surface area contributed by atoms with Gasteiger partial charge in [-0.2, -0.15) is 5.10 Å². The summed E-state index contributed by atoms with van der Waals surface area (Å²) >= 11 is 5.82. The number of nitrogens with zero attached hydrogens (tertiary/aromatic N) is 1. The zero-order chi connectivity index (χ0) is 16.1. The molecule has 22 heavy (non-hydrogen) atoms. The average molecular weight is 323 g/mol. The van der Waals surface area contributed by atoms with Gasteiger partial charge in [0.1, 0.15) is 5.71 Å². The molecule has 1 aromatic carbocycles. The Labute approximate surface area is 134 Å². The van der Waals surface area contributed by atoms with Crippen LogP contribution in [0.25, 0.3) is 0 Å². The van der Waals surface area contributed by atoms with Crippen molar-refractivity contribution in [2.24, 2.45) is 16.9 Å². The Kier molecular flexibility index (Phi) is 5.55. The number of methoxy groups -OCH3 is 1. The number of benzene rings is 1. The molecule has 6 heteroatoms. The highest BCUT2D eigenvalue weighted by molar-refractivity contribution is 6.41. The molecule has 1 aliphatic carbocycles. The summed E-state index contributed by atoms with van der Waals surface area (Å²) < 4.78 is 4.73. The smallest absolute Gasteiger partial charge is 0.309 e. The lowest BCUT2D eigenvalue weighted by molar-refractivity contribution is -0.148. The number of carbonyl (C=O) groups excluding carboxylic acids is 2. The van der Waals surface area contributed by atoms with Crippen LogP contribution in [0, 0.1) is 11.8 Å². The first-order valence-corrected chi connectivity index (χ1v) is 7.61. The molecule has 118 valence electrons. The van der Waals surface area contributed by atoms with Crippen LogP contribution in [0.2, 0.25) is 5.02 Å². The van der Waals surface area contributed by atoms with Gasteiger partial charge in [0.25, 0.3) is 0 Å². The van der Waals surface area contributed by atoms with Crippen molar-refractivity contribution in [1.29, 1.82) is 0 Å². The zero-order valence-electron chi connectivity index (χ0n) is 12.6. The minimum Gasteiger partial charge on any atom is -0.469 e. The maximum Gasteiger partial charge on any atom is 0.309 e. The van der Waals surface area contributed by atoms with E-state index in [-0.39, 0.29) is 17.7 Å². The summed E-state index contributed by atoms with van der Waals surface area (Å²) in [5.41, 5.74) is 4.10. The molecule has 2 rings (SSSR count). The number of nitrogens with one attached hydrogen (secondary N) is 1. The predicted octanol–water partition coefficient (Wildman–Crippen LogP) is 3.29. The molecule has 0 aromatic heterocycles. The third-order valence-corrected chi connectivity index (χ3v) is 4.14. The summed E-state index contributed by atoms with van der Waals surface area (Å²) in [6.07, 6.45) is 2.14. The molecule has 5 nitrogen and oxygen atoms in total. The molecular formula is C16H19ClN2O3. The van der Waals surface area contributed by atoms with Gasteiger partial charge in [-0.25, -0.2) is 0 Å². The van der Waals surface area contributed by atoms with Crippen LogP contribution in [-0.4, -0.2) is 24.6 Å². The van der Waals surface area contributed by atoms with Crippen LogP contribution in [0.3, 0.4) is 0 Å². The summed E-state index contributed by atoms with van der Waals surface area (Å²) in [7, 11) is 1.34. The van der Waals surface area contributed by atoms with Crippen molar-refractivity contribution in [1.82, 2.24) is 0 Å². The van der Waals surface area contributed by atoms with Gasteiger partial charge < -0.3 is 4.74 Å². The van der Waals surface area contributed by atoms with Crippen LogP contribution in [0.15, 0.2) is 29.4 Å². The Morgan fingerprint density at radius 3 is 2.73 bits per heavy atom. The van der Waals surface area contributed by atoms with E-state index in [1.807, 2.05) is 0 Å². The minimum atomic E-state index is -0.446. The van der Waals surface area contributed by atoms with Crippen molar-refractivity contribution in [3.8, 4) is 0 Å². The number of ether oxygens (including phenoxy) is 1. The van der Waals surface area contributed by atoms with Gasteiger partial charge in [0, 0.05) is 10.9 Å². The summed E-state index contributed by atoms with van der Waals surface area (Å²) in [5.74, 6) is -1.23. The van der Waals surface area contributed by atoms with E-state index < -0.39 is 5.92 Å². The van der Waals surface area contributed by atoms with Gasteiger partial charge in [0.15, 0.2) is 5.78 Å². The molecule has 0 spiro atoms. The topological polar surface area (TPSA) is 67.8 Å². The maximum absolute atomic E-state index is 12.5. The number of hydrogen-bond donors (Lipinski definition) is 1. The van der Waals surface area contributed by atoms with Crippen LogP contribution < -0.4 is 5.43 Å². The molecule has 0 aliphatic heterocycles. The van der Waals surface area contributed by atoms with Crippen molar-refractivity contribution in [2.45, 2.75) is 26.2 Å². The molecule has 1 saturated carbocycles. The fourth-order valence-corrected chi connectivity index (χ4v) is 2.68. The highest BCUT2D eigenvalue weighted by Gasteiger charge is 2.35. The predicted molar refractivity (Wildman–Crippen MR) is 86.0 cm³/mol. The normalized spacial score (nSPS) is 21.5. The van der Waals surface area contributed by atoms with Crippen molar-refractivity contribution in [3.05, 3.63) is 29.3 Å². The highest BCUT2D eigenvalue weighted by Crippen LogP contribution is 2.27. The SMILES string of the molecule is COC(=O)C(C)C1CCC/C(=N/Nc2ccc(Cl)cc2)C1=O. The number of hydrazone groups is 1. The first-order chi connectivity index (χ1) is 10.5. The average Bonchev–Trinajstić information content (AvgIpc) is 2.54. The van der Waals surface area contributed by atoms with E-state index in [1.54, 1.807) is 31.2 Å². The number of halogens is 1. The van der Waals surface area contributed by atoms with E-state index in [9.17, 15) is 9.59 Å². The van der Waals surface area contributed by atoms with Gasteiger partial charge >= 0.3 is 5.97 Å². The molecule has 1 N–H and O–H groups in total. The summed E-state index contributed by atoms with van der Waals surface area (Å²) in [6.45, 7) is 1.73. The fourth-order valence-electron chi connectivity index (χ4n) is 2.55. The Balaban J connectivity index is 2.07. The quantitative estimate of drug-likeness (QED) is 0.682. The van der Waals surface area contributed by atoms with Crippen LogP contribution in [0.1, 0.15) is 26.2 Å². The second kappa shape index (κ2) is 7.40. The van der Waals surface area contributed by atoms with E-state index in [1.165, 1.54) is 7.11 Å². The standard InChI is InChI=1S/C16H19ClN2O3/c1-10(16(21)22-2)13-4-3-5-14(15(13)20)19-18-12-8-6-11(17)7-9-12/h6-10,13,18H,3-5H2,1-2H3/b19-14-. The van der Waals surface area contributed by atoms with Crippen LogP contribution in [0.4, 0.5) is 5.69 Å². The lowest BCUT2D eigenvalue weighted by atomic mass is 9.79.